The first-order chi connectivity index (χ1) is 11.6. The van der Waals surface area contributed by atoms with Crippen LogP contribution in [-0.4, -0.2) is 29.7 Å². The molecule has 1 amide bonds. The van der Waals surface area contributed by atoms with Gasteiger partial charge in [-0.2, -0.15) is 0 Å². The van der Waals surface area contributed by atoms with Gasteiger partial charge in [0.2, 0.25) is 0 Å². The second kappa shape index (κ2) is 6.76. The molecule has 1 N–H and O–H groups in total. The van der Waals surface area contributed by atoms with Crippen molar-refractivity contribution >= 4 is 22.2 Å². The molecule has 0 radical (unpaired) electrons. The Labute approximate surface area is 143 Å². The van der Waals surface area contributed by atoms with Gasteiger partial charge < -0.3 is 19.4 Å². The zero-order valence-electron chi connectivity index (χ0n) is 13.6. The predicted molar refractivity (Wildman–Crippen MR) is 94.0 cm³/mol. The molecular weight excluding hydrogens is 326 g/mol. The first-order valence-corrected chi connectivity index (χ1v) is 8.10. The van der Waals surface area contributed by atoms with E-state index in [0.29, 0.717) is 17.3 Å². The Bertz CT molecular complexity index is 870. The molecule has 24 heavy (non-hydrogen) atoms. The van der Waals surface area contributed by atoms with Crippen molar-refractivity contribution in [2.24, 2.45) is 7.05 Å². The van der Waals surface area contributed by atoms with Crippen molar-refractivity contribution in [3.8, 4) is 22.6 Å². The highest BCUT2D eigenvalue weighted by Crippen LogP contribution is 2.35. The van der Waals surface area contributed by atoms with E-state index in [9.17, 15) is 4.79 Å². The molecule has 2 heterocycles. The summed E-state index contributed by atoms with van der Waals surface area (Å²) in [6.45, 7) is 0. The normalized spacial score (nSPS) is 10.5. The van der Waals surface area contributed by atoms with E-state index in [0.717, 1.165) is 16.1 Å². The molecule has 0 atom stereocenters. The first kappa shape index (κ1) is 16.1. The molecule has 0 unspecified atom stereocenters. The van der Waals surface area contributed by atoms with Gasteiger partial charge in [-0.15, -0.1) is 11.3 Å². The third kappa shape index (κ3) is 3.11. The second-order valence-electron chi connectivity index (χ2n) is 5.09. The summed E-state index contributed by atoms with van der Waals surface area (Å²) in [4.78, 5) is 16.2. The molecule has 1 aromatic carbocycles. The number of carbonyl (C=O) groups is 1. The van der Waals surface area contributed by atoms with Crippen LogP contribution in [-0.2, 0) is 7.05 Å². The number of rotatable bonds is 5. The maximum absolute atomic E-state index is 12.2. The van der Waals surface area contributed by atoms with E-state index >= 15 is 0 Å². The number of thiophene rings is 1. The lowest BCUT2D eigenvalue weighted by atomic mass is 10.1. The van der Waals surface area contributed by atoms with Crippen LogP contribution in [0.3, 0.4) is 0 Å². The van der Waals surface area contributed by atoms with Gasteiger partial charge in [0, 0.05) is 24.8 Å². The fourth-order valence-corrected chi connectivity index (χ4v) is 3.13. The number of benzene rings is 1. The largest absolute Gasteiger partial charge is 0.493 e. The number of methoxy groups -OCH3 is 2. The zero-order chi connectivity index (χ0) is 17.1. The number of hydrogen-bond donors (Lipinski definition) is 1. The van der Waals surface area contributed by atoms with Crippen LogP contribution in [0.5, 0.6) is 11.5 Å². The number of nitrogens with zero attached hydrogens (tertiary/aromatic N) is 2. The van der Waals surface area contributed by atoms with Crippen molar-refractivity contribution in [3.05, 3.63) is 47.9 Å². The van der Waals surface area contributed by atoms with E-state index in [1.54, 1.807) is 38.2 Å². The summed E-state index contributed by atoms with van der Waals surface area (Å²) in [7, 11) is 4.99. The predicted octanol–water partition coefficient (Wildman–Crippen LogP) is 3.42. The van der Waals surface area contributed by atoms with E-state index in [1.165, 1.54) is 11.3 Å². The van der Waals surface area contributed by atoms with Crippen LogP contribution in [0.2, 0.25) is 0 Å². The molecule has 3 aromatic rings. The topological polar surface area (TPSA) is 65.4 Å². The van der Waals surface area contributed by atoms with Gasteiger partial charge in [-0.1, -0.05) is 6.07 Å². The van der Waals surface area contributed by atoms with Crippen molar-refractivity contribution in [1.29, 1.82) is 0 Å². The maximum Gasteiger partial charge on any atom is 0.292 e. The van der Waals surface area contributed by atoms with Crippen LogP contribution in [0.1, 0.15) is 10.6 Å². The SMILES string of the molecule is COc1ccc(-c2csc(NC(=O)c3nccn3C)c2)cc1OC. The standard InChI is InChI=1S/C17H17N3O3S/c1-20-7-6-18-16(20)17(21)19-15-9-12(10-24-15)11-4-5-13(22-2)14(8-11)23-3/h4-10H,1-3H3,(H,19,21). The highest BCUT2D eigenvalue weighted by atomic mass is 32.1. The summed E-state index contributed by atoms with van der Waals surface area (Å²) >= 11 is 1.46. The quantitative estimate of drug-likeness (QED) is 0.771. The molecule has 124 valence electrons. The van der Waals surface area contributed by atoms with Gasteiger partial charge in [0.05, 0.1) is 19.2 Å². The molecule has 0 aliphatic heterocycles. The molecule has 0 aliphatic rings. The fourth-order valence-electron chi connectivity index (χ4n) is 2.32. The molecule has 6 nitrogen and oxygen atoms in total. The van der Waals surface area contributed by atoms with Gasteiger partial charge in [0.1, 0.15) is 0 Å². The Morgan fingerprint density at radius 2 is 1.96 bits per heavy atom. The lowest BCUT2D eigenvalue weighted by molar-refractivity contribution is 0.101. The number of aryl methyl sites for hydroxylation is 1. The van der Waals surface area contributed by atoms with Crippen molar-refractivity contribution < 1.29 is 14.3 Å². The summed E-state index contributed by atoms with van der Waals surface area (Å²) in [5.41, 5.74) is 1.98. The number of ether oxygens (including phenoxy) is 2. The minimum absolute atomic E-state index is 0.233. The Morgan fingerprint density at radius 1 is 1.17 bits per heavy atom. The summed E-state index contributed by atoms with van der Waals surface area (Å²) in [6, 6.07) is 7.64. The van der Waals surface area contributed by atoms with E-state index in [1.807, 2.05) is 29.6 Å². The van der Waals surface area contributed by atoms with Crippen LogP contribution >= 0.6 is 11.3 Å². The van der Waals surface area contributed by atoms with Gasteiger partial charge in [0.15, 0.2) is 17.3 Å². The Morgan fingerprint density at radius 3 is 2.62 bits per heavy atom. The second-order valence-corrected chi connectivity index (χ2v) is 6.00. The third-order valence-corrected chi connectivity index (χ3v) is 4.42. The molecule has 0 aliphatic carbocycles. The van der Waals surface area contributed by atoms with Gasteiger partial charge in [-0.3, -0.25) is 4.79 Å². The average molecular weight is 343 g/mol. The number of anilines is 1. The first-order valence-electron chi connectivity index (χ1n) is 7.22. The molecule has 3 rings (SSSR count). The monoisotopic (exact) mass is 343 g/mol. The fraction of sp³-hybridized carbons (Fsp3) is 0.176. The number of nitrogens with one attached hydrogen (secondary N) is 1. The van der Waals surface area contributed by atoms with E-state index in [4.69, 9.17) is 9.47 Å². The van der Waals surface area contributed by atoms with Crippen molar-refractivity contribution in [1.82, 2.24) is 9.55 Å². The van der Waals surface area contributed by atoms with E-state index in [-0.39, 0.29) is 5.91 Å². The smallest absolute Gasteiger partial charge is 0.292 e. The maximum atomic E-state index is 12.2. The van der Waals surface area contributed by atoms with Gasteiger partial charge in [0.25, 0.3) is 5.91 Å². The van der Waals surface area contributed by atoms with E-state index < -0.39 is 0 Å². The average Bonchev–Trinajstić information content (AvgIpc) is 3.23. The van der Waals surface area contributed by atoms with Crippen molar-refractivity contribution in [2.45, 2.75) is 0 Å². The van der Waals surface area contributed by atoms with Crippen LogP contribution in [0.15, 0.2) is 42.0 Å². The van der Waals surface area contributed by atoms with Crippen LogP contribution in [0, 0.1) is 0 Å². The van der Waals surface area contributed by atoms with E-state index in [2.05, 4.69) is 10.3 Å². The number of amides is 1. The molecule has 7 heteroatoms. The van der Waals surface area contributed by atoms with Gasteiger partial charge >= 0.3 is 0 Å². The number of hydrogen-bond acceptors (Lipinski definition) is 5. The number of carbonyl (C=O) groups excluding carboxylic acids is 1. The van der Waals surface area contributed by atoms with Crippen LogP contribution in [0.25, 0.3) is 11.1 Å². The minimum Gasteiger partial charge on any atom is -0.493 e. The molecule has 2 aromatic heterocycles. The lowest BCUT2D eigenvalue weighted by Crippen LogP contribution is -2.15. The Kier molecular flexibility index (Phi) is 4.52. The Balaban J connectivity index is 1.81. The van der Waals surface area contributed by atoms with Crippen LogP contribution in [0.4, 0.5) is 5.00 Å². The Hall–Kier alpha value is -2.80. The third-order valence-electron chi connectivity index (χ3n) is 3.58. The van der Waals surface area contributed by atoms with Crippen molar-refractivity contribution in [3.63, 3.8) is 0 Å². The summed E-state index contributed by atoms with van der Waals surface area (Å²) in [5, 5.41) is 5.61. The molecule has 0 fully saturated rings. The molecule has 0 saturated carbocycles. The highest BCUT2D eigenvalue weighted by molar-refractivity contribution is 7.14. The van der Waals surface area contributed by atoms with Crippen molar-refractivity contribution in [2.75, 3.05) is 19.5 Å². The van der Waals surface area contributed by atoms with Gasteiger partial charge in [-0.05, 0) is 29.3 Å². The molecule has 0 spiro atoms. The summed E-state index contributed by atoms with van der Waals surface area (Å²) in [5.74, 6) is 1.49. The molecule has 0 bridgehead atoms. The van der Waals surface area contributed by atoms with Crippen LogP contribution < -0.4 is 14.8 Å². The number of imidazole rings is 1. The lowest BCUT2D eigenvalue weighted by Gasteiger charge is -2.08. The molecular formula is C17H17N3O3S. The zero-order valence-corrected chi connectivity index (χ0v) is 14.4. The van der Waals surface area contributed by atoms with Gasteiger partial charge in [-0.25, -0.2) is 4.98 Å². The molecule has 0 saturated heterocycles. The highest BCUT2D eigenvalue weighted by Gasteiger charge is 2.13. The number of aromatic nitrogens is 2. The minimum atomic E-state index is -0.233. The summed E-state index contributed by atoms with van der Waals surface area (Å²) < 4.78 is 12.3. The summed E-state index contributed by atoms with van der Waals surface area (Å²) in [6.07, 6.45) is 3.33.